The zero-order valence-corrected chi connectivity index (χ0v) is 10.8. The highest BCUT2D eigenvalue weighted by Crippen LogP contribution is 2.10. The number of nitriles is 1. The van der Waals surface area contributed by atoms with Gasteiger partial charge in [0.25, 0.3) is 0 Å². The van der Waals surface area contributed by atoms with Crippen molar-refractivity contribution in [3.63, 3.8) is 0 Å². The monoisotopic (exact) mass is 254 g/mol. The Bertz CT molecular complexity index is 597. The van der Waals surface area contributed by atoms with Gasteiger partial charge in [-0.15, -0.1) is 0 Å². The van der Waals surface area contributed by atoms with Gasteiger partial charge in [0.1, 0.15) is 5.82 Å². The summed E-state index contributed by atoms with van der Waals surface area (Å²) < 4.78 is 13.0. The van der Waals surface area contributed by atoms with Gasteiger partial charge >= 0.3 is 0 Å². The number of halogens is 1. The van der Waals surface area contributed by atoms with Crippen LogP contribution < -0.4 is 5.32 Å². The molecule has 0 spiro atoms. The molecule has 96 valence electrons. The molecule has 0 bridgehead atoms. The van der Waals surface area contributed by atoms with Crippen LogP contribution in [0.15, 0.2) is 42.5 Å². The summed E-state index contributed by atoms with van der Waals surface area (Å²) in [6.07, 6.45) is 0. The lowest BCUT2D eigenvalue weighted by Gasteiger charge is -2.08. The number of rotatable bonds is 4. The summed E-state index contributed by atoms with van der Waals surface area (Å²) in [4.78, 5) is 0. The molecule has 0 aliphatic heterocycles. The first-order valence-corrected chi connectivity index (χ1v) is 6.14. The molecule has 1 N–H and O–H groups in total. The molecule has 0 aliphatic rings. The largest absolute Gasteiger partial charge is 0.309 e. The topological polar surface area (TPSA) is 35.8 Å². The molecule has 3 heteroatoms. The van der Waals surface area contributed by atoms with E-state index in [0.29, 0.717) is 12.1 Å². The standard InChI is InChI=1S/C16H15FN2/c1-12-8-16(17)7-6-15(12)11-19-10-14-4-2-13(9-18)3-5-14/h2-8,19H,10-11H2,1H3. The van der Waals surface area contributed by atoms with E-state index in [1.807, 2.05) is 19.1 Å². The number of hydrogen-bond acceptors (Lipinski definition) is 2. The van der Waals surface area contributed by atoms with Crippen molar-refractivity contribution in [2.75, 3.05) is 0 Å². The molecule has 0 heterocycles. The summed E-state index contributed by atoms with van der Waals surface area (Å²) in [6, 6.07) is 14.4. The van der Waals surface area contributed by atoms with Gasteiger partial charge in [-0.3, -0.25) is 0 Å². The van der Waals surface area contributed by atoms with Gasteiger partial charge in [-0.25, -0.2) is 4.39 Å². The Labute approximate surface area is 112 Å². The van der Waals surface area contributed by atoms with Crippen molar-refractivity contribution in [3.8, 4) is 6.07 Å². The predicted octanol–water partition coefficient (Wildman–Crippen LogP) is 3.30. The Morgan fingerprint density at radius 2 is 1.84 bits per heavy atom. The maximum absolute atomic E-state index is 13.0. The average Bonchev–Trinajstić information content (AvgIpc) is 2.42. The molecule has 2 aromatic carbocycles. The van der Waals surface area contributed by atoms with Gasteiger partial charge in [0, 0.05) is 13.1 Å². The van der Waals surface area contributed by atoms with Crippen LogP contribution in [0.1, 0.15) is 22.3 Å². The van der Waals surface area contributed by atoms with Crippen molar-refractivity contribution >= 4 is 0 Å². The molecule has 0 radical (unpaired) electrons. The molecular weight excluding hydrogens is 239 g/mol. The minimum absolute atomic E-state index is 0.201. The van der Waals surface area contributed by atoms with Crippen LogP contribution in [0.5, 0.6) is 0 Å². The zero-order valence-electron chi connectivity index (χ0n) is 10.8. The lowest BCUT2D eigenvalue weighted by Crippen LogP contribution is -2.13. The fourth-order valence-electron chi connectivity index (χ4n) is 1.90. The van der Waals surface area contributed by atoms with Crippen LogP contribution in [0.3, 0.4) is 0 Å². The van der Waals surface area contributed by atoms with Gasteiger partial charge in [0.05, 0.1) is 11.6 Å². The van der Waals surface area contributed by atoms with Crippen molar-refractivity contribution in [3.05, 3.63) is 70.5 Å². The molecule has 2 rings (SSSR count). The molecule has 0 amide bonds. The second-order valence-electron chi connectivity index (χ2n) is 4.48. The second kappa shape index (κ2) is 6.12. The van der Waals surface area contributed by atoms with E-state index in [0.717, 1.165) is 23.2 Å². The second-order valence-corrected chi connectivity index (χ2v) is 4.48. The number of benzene rings is 2. The summed E-state index contributed by atoms with van der Waals surface area (Å²) in [6.45, 7) is 3.33. The third-order valence-corrected chi connectivity index (χ3v) is 3.03. The summed E-state index contributed by atoms with van der Waals surface area (Å²) >= 11 is 0. The van der Waals surface area contributed by atoms with Gasteiger partial charge in [0.15, 0.2) is 0 Å². The minimum atomic E-state index is -0.201. The fraction of sp³-hybridized carbons (Fsp3) is 0.188. The van der Waals surface area contributed by atoms with Crippen molar-refractivity contribution in [1.82, 2.24) is 5.32 Å². The van der Waals surface area contributed by atoms with E-state index >= 15 is 0 Å². The van der Waals surface area contributed by atoms with Crippen LogP contribution in [0, 0.1) is 24.1 Å². The SMILES string of the molecule is Cc1cc(F)ccc1CNCc1ccc(C#N)cc1. The minimum Gasteiger partial charge on any atom is -0.309 e. The molecule has 0 aliphatic carbocycles. The first-order valence-electron chi connectivity index (χ1n) is 6.14. The van der Waals surface area contributed by atoms with E-state index in [2.05, 4.69) is 11.4 Å². The van der Waals surface area contributed by atoms with Crippen molar-refractivity contribution in [1.29, 1.82) is 5.26 Å². The first-order chi connectivity index (χ1) is 9.19. The lowest BCUT2D eigenvalue weighted by atomic mass is 10.1. The molecular formula is C16H15FN2. The van der Waals surface area contributed by atoms with Gasteiger partial charge in [-0.2, -0.15) is 5.26 Å². The van der Waals surface area contributed by atoms with E-state index < -0.39 is 0 Å². The molecule has 0 atom stereocenters. The van der Waals surface area contributed by atoms with Crippen LogP contribution in [-0.4, -0.2) is 0 Å². The number of nitrogens with one attached hydrogen (secondary N) is 1. The van der Waals surface area contributed by atoms with Crippen LogP contribution in [0.4, 0.5) is 4.39 Å². The maximum Gasteiger partial charge on any atom is 0.123 e. The van der Waals surface area contributed by atoms with E-state index in [4.69, 9.17) is 5.26 Å². The van der Waals surface area contributed by atoms with Crippen LogP contribution in [0.25, 0.3) is 0 Å². The van der Waals surface area contributed by atoms with Crippen LogP contribution >= 0.6 is 0 Å². The highest BCUT2D eigenvalue weighted by Gasteiger charge is 2.00. The Hall–Kier alpha value is -2.18. The summed E-state index contributed by atoms with van der Waals surface area (Å²) in [5.74, 6) is -0.201. The third kappa shape index (κ3) is 3.64. The number of aryl methyl sites for hydroxylation is 1. The van der Waals surface area contributed by atoms with E-state index in [9.17, 15) is 4.39 Å². The lowest BCUT2D eigenvalue weighted by molar-refractivity contribution is 0.623. The fourth-order valence-corrected chi connectivity index (χ4v) is 1.90. The molecule has 0 saturated carbocycles. The summed E-state index contributed by atoms with van der Waals surface area (Å²) in [5, 5.41) is 12.0. The molecule has 0 saturated heterocycles. The van der Waals surface area contributed by atoms with Crippen LogP contribution in [0.2, 0.25) is 0 Å². The van der Waals surface area contributed by atoms with Gasteiger partial charge < -0.3 is 5.32 Å². The number of hydrogen-bond donors (Lipinski definition) is 1. The van der Waals surface area contributed by atoms with Gasteiger partial charge in [-0.05, 0) is 47.9 Å². The Kier molecular flexibility index (Phi) is 4.27. The van der Waals surface area contributed by atoms with E-state index in [-0.39, 0.29) is 5.82 Å². The molecule has 2 nitrogen and oxygen atoms in total. The van der Waals surface area contributed by atoms with Crippen molar-refractivity contribution in [2.24, 2.45) is 0 Å². The smallest absolute Gasteiger partial charge is 0.123 e. The molecule has 0 unspecified atom stereocenters. The van der Waals surface area contributed by atoms with Gasteiger partial charge in [0.2, 0.25) is 0 Å². The Morgan fingerprint density at radius 1 is 1.11 bits per heavy atom. The predicted molar refractivity (Wildman–Crippen MR) is 72.8 cm³/mol. The summed E-state index contributed by atoms with van der Waals surface area (Å²) in [5.41, 5.74) is 3.83. The van der Waals surface area contributed by atoms with E-state index in [1.54, 1.807) is 24.3 Å². The van der Waals surface area contributed by atoms with Gasteiger partial charge in [-0.1, -0.05) is 18.2 Å². The highest BCUT2D eigenvalue weighted by atomic mass is 19.1. The Morgan fingerprint density at radius 3 is 2.47 bits per heavy atom. The van der Waals surface area contributed by atoms with Crippen molar-refractivity contribution in [2.45, 2.75) is 20.0 Å². The Balaban J connectivity index is 1.91. The average molecular weight is 254 g/mol. The normalized spacial score (nSPS) is 10.2. The molecule has 2 aromatic rings. The highest BCUT2D eigenvalue weighted by molar-refractivity contribution is 5.31. The number of nitrogens with zero attached hydrogens (tertiary/aromatic N) is 1. The van der Waals surface area contributed by atoms with Crippen LogP contribution in [-0.2, 0) is 13.1 Å². The molecule has 0 fully saturated rings. The van der Waals surface area contributed by atoms with E-state index in [1.165, 1.54) is 6.07 Å². The molecule has 19 heavy (non-hydrogen) atoms. The quantitative estimate of drug-likeness (QED) is 0.908. The van der Waals surface area contributed by atoms with Crippen molar-refractivity contribution < 1.29 is 4.39 Å². The maximum atomic E-state index is 13.0. The summed E-state index contributed by atoms with van der Waals surface area (Å²) in [7, 11) is 0. The zero-order chi connectivity index (χ0) is 13.7. The third-order valence-electron chi connectivity index (χ3n) is 3.03. The molecule has 0 aromatic heterocycles. The first kappa shape index (κ1) is 13.3.